The van der Waals surface area contributed by atoms with Gasteiger partial charge in [0.2, 0.25) is 0 Å². The molecule has 0 aliphatic carbocycles. The van der Waals surface area contributed by atoms with Crippen LogP contribution in [0.1, 0.15) is 11.3 Å². The second kappa shape index (κ2) is 12.7. The van der Waals surface area contributed by atoms with Gasteiger partial charge in [-0.1, -0.05) is 152 Å². The van der Waals surface area contributed by atoms with Crippen LogP contribution in [0.4, 0.5) is 0 Å². The summed E-state index contributed by atoms with van der Waals surface area (Å²) in [5, 5.41) is 5.92. The molecule has 3 nitrogen and oxygen atoms in total. The van der Waals surface area contributed by atoms with Gasteiger partial charge in [0.25, 0.3) is 0 Å². The third-order valence-electron chi connectivity index (χ3n) is 9.34. The molecule has 2 heterocycles. The molecular formula is C47H31N3. The summed E-state index contributed by atoms with van der Waals surface area (Å²) in [6, 6.07) is 59.4. The lowest BCUT2D eigenvalue weighted by molar-refractivity contribution is 1.17. The van der Waals surface area contributed by atoms with Gasteiger partial charge in [0.15, 0.2) is 5.82 Å². The van der Waals surface area contributed by atoms with E-state index in [0.29, 0.717) is 5.82 Å². The van der Waals surface area contributed by atoms with Gasteiger partial charge < -0.3 is 0 Å². The number of hydrogen-bond donors (Lipinski definition) is 0. The van der Waals surface area contributed by atoms with Crippen LogP contribution in [-0.2, 0) is 0 Å². The normalized spacial score (nSPS) is 11.5. The summed E-state index contributed by atoms with van der Waals surface area (Å²) in [5.74, 6) is 0.680. The fourth-order valence-electron chi connectivity index (χ4n) is 6.82. The second-order valence-corrected chi connectivity index (χ2v) is 12.5. The van der Waals surface area contributed by atoms with Crippen molar-refractivity contribution < 1.29 is 0 Å². The predicted octanol–water partition coefficient (Wildman–Crippen LogP) is 12.2. The van der Waals surface area contributed by atoms with Crippen LogP contribution in [-0.4, -0.2) is 15.0 Å². The molecule has 0 atom stereocenters. The van der Waals surface area contributed by atoms with Crippen molar-refractivity contribution in [3.63, 3.8) is 0 Å². The van der Waals surface area contributed by atoms with Crippen molar-refractivity contribution in [1.82, 2.24) is 15.0 Å². The van der Waals surface area contributed by atoms with Crippen molar-refractivity contribution >= 4 is 44.6 Å². The Morgan fingerprint density at radius 3 is 1.94 bits per heavy atom. The summed E-state index contributed by atoms with van der Waals surface area (Å²) in [7, 11) is 0. The minimum absolute atomic E-state index is 0.680. The molecule has 0 aliphatic rings. The van der Waals surface area contributed by atoms with E-state index >= 15 is 0 Å². The highest BCUT2D eigenvalue weighted by atomic mass is 14.9. The zero-order valence-electron chi connectivity index (χ0n) is 27.2. The Morgan fingerprint density at radius 1 is 0.400 bits per heavy atom. The van der Waals surface area contributed by atoms with Crippen molar-refractivity contribution in [3.8, 4) is 44.9 Å². The number of nitrogens with zero attached hydrogens (tertiary/aromatic N) is 3. The molecule has 50 heavy (non-hydrogen) atoms. The fraction of sp³-hybridized carbons (Fsp3) is 0. The Balaban J connectivity index is 1.18. The Kier molecular flexibility index (Phi) is 7.49. The molecular weight excluding hydrogens is 607 g/mol. The van der Waals surface area contributed by atoms with E-state index in [4.69, 9.17) is 9.97 Å². The van der Waals surface area contributed by atoms with E-state index in [2.05, 4.69) is 163 Å². The summed E-state index contributed by atoms with van der Waals surface area (Å²) < 4.78 is 0. The molecule has 3 heteroatoms. The van der Waals surface area contributed by atoms with Gasteiger partial charge in [-0.25, -0.2) is 9.97 Å². The molecule has 234 valence electrons. The highest BCUT2D eigenvalue weighted by molar-refractivity contribution is 6.13. The number of hydrogen-bond acceptors (Lipinski definition) is 3. The second-order valence-electron chi connectivity index (χ2n) is 12.5. The molecule has 0 amide bonds. The van der Waals surface area contributed by atoms with Gasteiger partial charge in [0.1, 0.15) is 0 Å². The molecule has 9 aromatic rings. The minimum atomic E-state index is 0.680. The maximum Gasteiger partial charge on any atom is 0.160 e. The van der Waals surface area contributed by atoms with Crippen LogP contribution >= 0.6 is 0 Å². The fourth-order valence-corrected chi connectivity index (χ4v) is 6.82. The molecule has 0 unspecified atom stereocenters. The first-order valence-electron chi connectivity index (χ1n) is 16.8. The molecule has 0 N–H and O–H groups in total. The average molecular weight is 638 g/mol. The average Bonchev–Trinajstić information content (AvgIpc) is 3.20. The Hall–Kier alpha value is -6.71. The van der Waals surface area contributed by atoms with Gasteiger partial charge in [0.05, 0.1) is 16.9 Å². The number of pyridine rings is 1. The van der Waals surface area contributed by atoms with Crippen molar-refractivity contribution in [2.75, 3.05) is 0 Å². The molecule has 0 fully saturated rings. The Morgan fingerprint density at radius 2 is 1.08 bits per heavy atom. The molecule has 2 aromatic heterocycles. The first-order chi connectivity index (χ1) is 24.8. The maximum atomic E-state index is 5.24. The van der Waals surface area contributed by atoms with Crippen LogP contribution in [0.5, 0.6) is 0 Å². The third-order valence-corrected chi connectivity index (χ3v) is 9.34. The molecule has 0 bridgehead atoms. The van der Waals surface area contributed by atoms with Gasteiger partial charge in [-0.2, -0.15) is 0 Å². The predicted molar refractivity (Wildman–Crippen MR) is 209 cm³/mol. The van der Waals surface area contributed by atoms with Crippen LogP contribution in [0, 0.1) is 0 Å². The number of para-hydroxylation sites is 1. The van der Waals surface area contributed by atoms with E-state index in [-0.39, 0.29) is 0 Å². The number of aromatic nitrogens is 3. The van der Waals surface area contributed by atoms with E-state index < -0.39 is 0 Å². The van der Waals surface area contributed by atoms with Crippen LogP contribution in [0.3, 0.4) is 0 Å². The van der Waals surface area contributed by atoms with Gasteiger partial charge >= 0.3 is 0 Å². The van der Waals surface area contributed by atoms with Crippen LogP contribution in [0.15, 0.2) is 176 Å². The molecule has 7 aromatic carbocycles. The summed E-state index contributed by atoms with van der Waals surface area (Å²) in [6.07, 6.45) is 6.21. The SMILES string of the molecule is C(=C\c1ccccc1-c1ccccc1)/c1cc(-c2cc3ccccc3c3ccccc23)nc(-c2ccc(-c3cnc4ccccc4c3)cc2)n1. The van der Waals surface area contributed by atoms with Gasteiger partial charge in [-0.15, -0.1) is 0 Å². The molecule has 0 spiro atoms. The highest BCUT2D eigenvalue weighted by Crippen LogP contribution is 2.36. The minimum Gasteiger partial charge on any atom is -0.256 e. The molecule has 0 aliphatic heterocycles. The Labute approximate surface area is 290 Å². The smallest absolute Gasteiger partial charge is 0.160 e. The lowest BCUT2D eigenvalue weighted by Gasteiger charge is -2.13. The molecule has 9 rings (SSSR count). The summed E-state index contributed by atoms with van der Waals surface area (Å²) in [5.41, 5.74) is 10.4. The van der Waals surface area contributed by atoms with Crippen molar-refractivity contribution in [3.05, 3.63) is 187 Å². The van der Waals surface area contributed by atoms with E-state index in [1.807, 2.05) is 30.5 Å². The first-order valence-corrected chi connectivity index (χ1v) is 16.8. The van der Waals surface area contributed by atoms with Crippen molar-refractivity contribution in [1.29, 1.82) is 0 Å². The molecule has 0 radical (unpaired) electrons. The monoisotopic (exact) mass is 637 g/mol. The quantitative estimate of drug-likeness (QED) is 0.170. The summed E-state index contributed by atoms with van der Waals surface area (Å²) in [4.78, 5) is 15.0. The largest absolute Gasteiger partial charge is 0.256 e. The lowest BCUT2D eigenvalue weighted by Crippen LogP contribution is -1.96. The van der Waals surface area contributed by atoms with Gasteiger partial charge in [-0.05, 0) is 74.1 Å². The van der Waals surface area contributed by atoms with Gasteiger partial charge in [0, 0.05) is 28.3 Å². The third kappa shape index (κ3) is 5.61. The van der Waals surface area contributed by atoms with Crippen molar-refractivity contribution in [2.24, 2.45) is 0 Å². The van der Waals surface area contributed by atoms with Crippen LogP contribution < -0.4 is 0 Å². The summed E-state index contributed by atoms with van der Waals surface area (Å²) >= 11 is 0. The number of benzene rings is 7. The summed E-state index contributed by atoms with van der Waals surface area (Å²) in [6.45, 7) is 0. The van der Waals surface area contributed by atoms with E-state index in [0.717, 1.165) is 50.1 Å². The van der Waals surface area contributed by atoms with Gasteiger partial charge in [-0.3, -0.25) is 4.98 Å². The topological polar surface area (TPSA) is 38.7 Å². The number of fused-ring (bicyclic) bond motifs is 4. The molecule has 0 saturated carbocycles. The Bertz CT molecular complexity index is 2690. The van der Waals surface area contributed by atoms with E-state index in [1.165, 1.54) is 32.7 Å². The lowest BCUT2D eigenvalue weighted by atomic mass is 9.95. The zero-order chi connectivity index (χ0) is 33.3. The van der Waals surface area contributed by atoms with Crippen molar-refractivity contribution in [2.45, 2.75) is 0 Å². The standard InChI is InChI=1S/C47H31N3/c1-2-12-33(13-3-1)40-17-7-4-14-34(40)26-27-39-30-46(44-29-36-15-5-8-18-41(36)42-19-9-10-20-43(42)44)50-47(49-39)35-24-22-32(23-25-35)38-28-37-16-6-11-21-45(37)48-31-38/h1-31H/b27-26+. The number of rotatable bonds is 6. The zero-order valence-corrected chi connectivity index (χ0v) is 27.2. The van der Waals surface area contributed by atoms with Crippen LogP contribution in [0.25, 0.3) is 89.5 Å². The van der Waals surface area contributed by atoms with E-state index in [9.17, 15) is 0 Å². The first kappa shape index (κ1) is 29.4. The van der Waals surface area contributed by atoms with E-state index in [1.54, 1.807) is 0 Å². The highest BCUT2D eigenvalue weighted by Gasteiger charge is 2.14. The molecule has 0 saturated heterocycles. The van der Waals surface area contributed by atoms with Crippen LogP contribution in [0.2, 0.25) is 0 Å². The maximum absolute atomic E-state index is 5.24.